The van der Waals surface area contributed by atoms with Crippen LogP contribution in [0.1, 0.15) is 18.1 Å². The van der Waals surface area contributed by atoms with E-state index in [1.54, 1.807) is 0 Å². The van der Waals surface area contributed by atoms with Crippen molar-refractivity contribution in [1.82, 2.24) is 0 Å². The summed E-state index contributed by atoms with van der Waals surface area (Å²) >= 11 is 3.43. The van der Waals surface area contributed by atoms with Gasteiger partial charge in [0.1, 0.15) is 0 Å². The molecule has 0 spiro atoms. The van der Waals surface area contributed by atoms with Crippen molar-refractivity contribution in [3.8, 4) is 11.8 Å². The maximum atomic E-state index is 5.31. The highest BCUT2D eigenvalue weighted by Gasteiger charge is 1.97. The first-order valence-electron chi connectivity index (χ1n) is 4.25. The number of benzene rings is 1. The fraction of sp³-hybridized carbons (Fsp3) is 0.273. The lowest BCUT2D eigenvalue weighted by atomic mass is 10.1. The molecular weight excluding hydrogens is 226 g/mol. The molecule has 0 aliphatic rings. The van der Waals surface area contributed by atoms with Gasteiger partial charge in [-0.15, -0.1) is 0 Å². The summed E-state index contributed by atoms with van der Waals surface area (Å²) in [7, 11) is 0. The van der Waals surface area contributed by atoms with Gasteiger partial charge in [0.2, 0.25) is 0 Å². The van der Waals surface area contributed by atoms with Crippen molar-refractivity contribution in [3.63, 3.8) is 0 Å². The summed E-state index contributed by atoms with van der Waals surface area (Å²) in [5.41, 5.74) is 7.65. The average molecular weight is 238 g/mol. The van der Waals surface area contributed by atoms with E-state index in [0.29, 0.717) is 6.54 Å². The van der Waals surface area contributed by atoms with Gasteiger partial charge in [0, 0.05) is 10.0 Å². The van der Waals surface area contributed by atoms with E-state index in [1.807, 2.05) is 12.1 Å². The topological polar surface area (TPSA) is 26.0 Å². The second-order valence-corrected chi connectivity index (χ2v) is 3.58. The maximum absolute atomic E-state index is 5.31. The second-order valence-electron chi connectivity index (χ2n) is 2.66. The number of hydrogen-bond donors (Lipinski definition) is 1. The van der Waals surface area contributed by atoms with E-state index in [4.69, 9.17) is 5.73 Å². The highest BCUT2D eigenvalue weighted by Crippen LogP contribution is 2.16. The van der Waals surface area contributed by atoms with Crippen LogP contribution in [0.15, 0.2) is 22.7 Å². The summed E-state index contributed by atoms with van der Waals surface area (Å²) in [6.07, 6.45) is 0.994. The molecule has 0 aromatic heterocycles. The summed E-state index contributed by atoms with van der Waals surface area (Å²) in [6.45, 7) is 2.54. The molecule has 13 heavy (non-hydrogen) atoms. The van der Waals surface area contributed by atoms with Crippen LogP contribution in [0.2, 0.25) is 0 Å². The Labute approximate surface area is 87.5 Å². The number of nitrogens with two attached hydrogens (primary N) is 1. The summed E-state index contributed by atoms with van der Waals surface area (Å²) in [4.78, 5) is 0. The zero-order valence-electron chi connectivity index (χ0n) is 7.60. The molecule has 0 unspecified atom stereocenters. The Balaban J connectivity index is 3.06. The monoisotopic (exact) mass is 237 g/mol. The fourth-order valence-electron chi connectivity index (χ4n) is 1.12. The Kier molecular flexibility index (Phi) is 4.01. The molecule has 1 nitrogen and oxygen atoms in total. The first-order valence-corrected chi connectivity index (χ1v) is 5.04. The van der Waals surface area contributed by atoms with Crippen LogP contribution in [0.3, 0.4) is 0 Å². The maximum Gasteiger partial charge on any atom is 0.0555 e. The van der Waals surface area contributed by atoms with Gasteiger partial charge in [0.05, 0.1) is 6.54 Å². The second kappa shape index (κ2) is 5.06. The molecule has 1 rings (SSSR count). The zero-order valence-corrected chi connectivity index (χ0v) is 9.19. The lowest BCUT2D eigenvalue weighted by molar-refractivity contribution is 1.13. The molecule has 1 aromatic rings. The van der Waals surface area contributed by atoms with Gasteiger partial charge in [-0.25, -0.2) is 0 Å². The van der Waals surface area contributed by atoms with Crippen LogP contribution >= 0.6 is 15.9 Å². The van der Waals surface area contributed by atoms with E-state index in [9.17, 15) is 0 Å². The highest BCUT2D eigenvalue weighted by molar-refractivity contribution is 9.10. The normalized spacial score (nSPS) is 9.15. The van der Waals surface area contributed by atoms with Gasteiger partial charge in [-0.05, 0) is 30.2 Å². The largest absolute Gasteiger partial charge is 0.320 e. The minimum atomic E-state index is 0.416. The third-order valence-corrected chi connectivity index (χ3v) is 2.27. The smallest absolute Gasteiger partial charge is 0.0555 e. The Morgan fingerprint density at radius 2 is 2.23 bits per heavy atom. The van der Waals surface area contributed by atoms with Crippen molar-refractivity contribution < 1.29 is 0 Å². The minimum Gasteiger partial charge on any atom is -0.320 e. The van der Waals surface area contributed by atoms with E-state index in [0.717, 1.165) is 16.5 Å². The Morgan fingerprint density at radius 3 is 2.85 bits per heavy atom. The van der Waals surface area contributed by atoms with Gasteiger partial charge < -0.3 is 5.73 Å². The molecule has 0 atom stereocenters. The van der Waals surface area contributed by atoms with Crippen LogP contribution in [0.5, 0.6) is 0 Å². The van der Waals surface area contributed by atoms with E-state index < -0.39 is 0 Å². The molecule has 68 valence electrons. The molecule has 0 saturated carbocycles. The Hall–Kier alpha value is -0.780. The fourth-order valence-corrected chi connectivity index (χ4v) is 1.53. The molecule has 2 heteroatoms. The lowest BCUT2D eigenvalue weighted by Gasteiger charge is -2.01. The first-order chi connectivity index (χ1) is 6.27. The van der Waals surface area contributed by atoms with Crippen molar-refractivity contribution in [3.05, 3.63) is 33.8 Å². The van der Waals surface area contributed by atoms with Gasteiger partial charge in [-0.3, -0.25) is 0 Å². The van der Waals surface area contributed by atoms with Crippen LogP contribution < -0.4 is 5.73 Å². The minimum absolute atomic E-state index is 0.416. The quantitative estimate of drug-likeness (QED) is 0.746. The van der Waals surface area contributed by atoms with Crippen molar-refractivity contribution in [1.29, 1.82) is 0 Å². The third kappa shape index (κ3) is 2.87. The summed E-state index contributed by atoms with van der Waals surface area (Å²) in [5.74, 6) is 5.92. The van der Waals surface area contributed by atoms with Gasteiger partial charge >= 0.3 is 0 Å². The third-order valence-electron chi connectivity index (χ3n) is 1.77. The van der Waals surface area contributed by atoms with E-state index in [-0.39, 0.29) is 0 Å². The number of aryl methyl sites for hydroxylation is 1. The highest BCUT2D eigenvalue weighted by atomic mass is 79.9. The summed E-state index contributed by atoms with van der Waals surface area (Å²) < 4.78 is 1.10. The van der Waals surface area contributed by atoms with Crippen LogP contribution in [0.25, 0.3) is 0 Å². The van der Waals surface area contributed by atoms with Gasteiger partial charge in [0.25, 0.3) is 0 Å². The van der Waals surface area contributed by atoms with Gasteiger partial charge in [-0.2, -0.15) is 0 Å². The van der Waals surface area contributed by atoms with Crippen LogP contribution in [-0.4, -0.2) is 6.54 Å². The SMILES string of the molecule is CCc1cc(Br)ccc1C#CCN. The van der Waals surface area contributed by atoms with Crippen LogP contribution in [0, 0.1) is 11.8 Å². The summed E-state index contributed by atoms with van der Waals surface area (Å²) in [5, 5.41) is 0. The van der Waals surface area contributed by atoms with Crippen molar-refractivity contribution >= 4 is 15.9 Å². The van der Waals surface area contributed by atoms with E-state index in [2.05, 4.69) is 40.8 Å². The predicted molar refractivity (Wildman–Crippen MR) is 59.5 cm³/mol. The van der Waals surface area contributed by atoms with Crippen LogP contribution in [0.4, 0.5) is 0 Å². The van der Waals surface area contributed by atoms with E-state index in [1.165, 1.54) is 5.56 Å². The number of halogens is 1. The van der Waals surface area contributed by atoms with Gasteiger partial charge in [-0.1, -0.05) is 34.7 Å². The predicted octanol–water partition coefficient (Wildman–Crippen LogP) is 2.32. The molecule has 0 saturated heterocycles. The molecule has 0 fully saturated rings. The zero-order chi connectivity index (χ0) is 9.68. The average Bonchev–Trinajstić information content (AvgIpc) is 2.16. The molecule has 0 bridgehead atoms. The Morgan fingerprint density at radius 1 is 1.46 bits per heavy atom. The molecule has 0 heterocycles. The molecule has 0 aliphatic heterocycles. The van der Waals surface area contributed by atoms with Gasteiger partial charge in [0.15, 0.2) is 0 Å². The number of hydrogen-bond acceptors (Lipinski definition) is 1. The molecular formula is C11H12BrN. The lowest BCUT2D eigenvalue weighted by Crippen LogP contribution is -1.94. The molecule has 0 amide bonds. The van der Waals surface area contributed by atoms with Crippen molar-refractivity contribution in [2.45, 2.75) is 13.3 Å². The molecule has 0 radical (unpaired) electrons. The molecule has 1 aromatic carbocycles. The number of rotatable bonds is 1. The molecule has 0 aliphatic carbocycles. The standard InChI is InChI=1S/C11H12BrN/c1-2-9-8-11(12)6-5-10(9)4-3-7-13/h5-6,8H,2,7,13H2,1H3. The van der Waals surface area contributed by atoms with E-state index >= 15 is 0 Å². The van der Waals surface area contributed by atoms with Crippen LogP contribution in [-0.2, 0) is 6.42 Å². The summed E-state index contributed by atoms with van der Waals surface area (Å²) in [6, 6.07) is 6.12. The van der Waals surface area contributed by atoms with Crippen molar-refractivity contribution in [2.75, 3.05) is 6.54 Å². The first kappa shape index (κ1) is 10.3. The van der Waals surface area contributed by atoms with Crippen molar-refractivity contribution in [2.24, 2.45) is 5.73 Å². The Bertz CT molecular complexity index is 347. The molecule has 2 N–H and O–H groups in total.